The van der Waals surface area contributed by atoms with Gasteiger partial charge in [-0.05, 0) is 38.5 Å². The molecule has 22 heavy (non-hydrogen) atoms. The molecule has 3 heteroatoms. The summed E-state index contributed by atoms with van der Waals surface area (Å²) in [7, 11) is 0. The highest BCUT2D eigenvalue weighted by Crippen LogP contribution is 2.13. The van der Waals surface area contributed by atoms with Crippen LogP contribution in [-0.2, 0) is 0 Å². The van der Waals surface area contributed by atoms with E-state index in [0.717, 1.165) is 13.1 Å². The van der Waals surface area contributed by atoms with Gasteiger partial charge in [0.05, 0.1) is 6.17 Å². The highest BCUT2D eigenvalue weighted by molar-refractivity contribution is 4.94. The maximum atomic E-state index is 5.63. The maximum Gasteiger partial charge on any atom is 0.0981 e. The SMILES string of the molecule is CCCCCC/C=C/CCCCCCC1NC=CN1CCN. The molecule has 0 saturated carbocycles. The number of hydrogen-bond donors (Lipinski definition) is 2. The van der Waals surface area contributed by atoms with E-state index in [9.17, 15) is 0 Å². The third-order valence-electron chi connectivity index (χ3n) is 4.33. The van der Waals surface area contributed by atoms with E-state index in [-0.39, 0.29) is 0 Å². The fourth-order valence-corrected chi connectivity index (χ4v) is 2.96. The van der Waals surface area contributed by atoms with Crippen molar-refractivity contribution in [3.05, 3.63) is 24.6 Å². The molecule has 1 atom stereocenters. The van der Waals surface area contributed by atoms with Gasteiger partial charge in [0.15, 0.2) is 0 Å². The fourth-order valence-electron chi connectivity index (χ4n) is 2.96. The zero-order chi connectivity index (χ0) is 15.9. The summed E-state index contributed by atoms with van der Waals surface area (Å²) in [6.07, 6.45) is 24.0. The van der Waals surface area contributed by atoms with Crippen molar-refractivity contribution in [3.8, 4) is 0 Å². The van der Waals surface area contributed by atoms with Gasteiger partial charge in [-0.1, -0.05) is 51.2 Å². The molecule has 0 aromatic carbocycles. The second-order valence-electron chi connectivity index (χ2n) is 6.34. The molecule has 1 heterocycles. The first-order chi connectivity index (χ1) is 10.9. The summed E-state index contributed by atoms with van der Waals surface area (Å²) in [5.41, 5.74) is 5.63. The van der Waals surface area contributed by atoms with E-state index in [1.54, 1.807) is 0 Å². The van der Waals surface area contributed by atoms with Crippen LogP contribution >= 0.6 is 0 Å². The van der Waals surface area contributed by atoms with Gasteiger partial charge in [0.25, 0.3) is 0 Å². The third kappa shape index (κ3) is 9.14. The summed E-state index contributed by atoms with van der Waals surface area (Å²) in [6, 6.07) is 0. The number of allylic oxidation sites excluding steroid dienone is 2. The molecule has 0 spiro atoms. The molecule has 128 valence electrons. The molecule has 3 N–H and O–H groups in total. The lowest BCUT2D eigenvalue weighted by atomic mass is 10.1. The van der Waals surface area contributed by atoms with Crippen molar-refractivity contribution in [1.82, 2.24) is 10.2 Å². The van der Waals surface area contributed by atoms with Crippen molar-refractivity contribution >= 4 is 0 Å². The molecular formula is C19H37N3. The van der Waals surface area contributed by atoms with Crippen LogP contribution in [0.15, 0.2) is 24.6 Å². The maximum absolute atomic E-state index is 5.63. The van der Waals surface area contributed by atoms with Gasteiger partial charge >= 0.3 is 0 Å². The molecule has 1 aliphatic rings. The minimum absolute atomic E-state index is 0.478. The summed E-state index contributed by atoms with van der Waals surface area (Å²) in [5, 5.41) is 3.41. The molecule has 1 aliphatic heterocycles. The van der Waals surface area contributed by atoms with Crippen LogP contribution in [0.1, 0.15) is 77.6 Å². The Morgan fingerprint density at radius 1 is 1.00 bits per heavy atom. The quantitative estimate of drug-likeness (QED) is 0.366. The molecule has 1 unspecified atom stereocenters. The third-order valence-corrected chi connectivity index (χ3v) is 4.33. The Hall–Kier alpha value is -0.960. The minimum Gasteiger partial charge on any atom is -0.370 e. The molecule has 0 fully saturated rings. The lowest BCUT2D eigenvalue weighted by molar-refractivity contribution is 0.264. The van der Waals surface area contributed by atoms with Crippen LogP contribution in [0.5, 0.6) is 0 Å². The number of nitrogens with one attached hydrogen (secondary N) is 1. The molecular weight excluding hydrogens is 270 g/mol. The van der Waals surface area contributed by atoms with E-state index in [2.05, 4.69) is 35.5 Å². The van der Waals surface area contributed by atoms with E-state index in [1.807, 2.05) is 6.20 Å². The van der Waals surface area contributed by atoms with Gasteiger partial charge in [0, 0.05) is 25.5 Å². The standard InChI is InChI=1S/C19H37N3/c1-2-3-4-5-6-7-8-9-10-11-12-13-14-19-21-16-18-22(19)17-15-20/h7-8,16,18-19,21H,2-6,9-15,17,20H2,1H3/b8-7+. The predicted octanol–water partition coefficient (Wildman–Crippen LogP) is 4.51. The zero-order valence-corrected chi connectivity index (χ0v) is 14.6. The first-order valence-electron chi connectivity index (χ1n) is 9.42. The van der Waals surface area contributed by atoms with Crippen LogP contribution < -0.4 is 11.1 Å². The largest absolute Gasteiger partial charge is 0.370 e. The molecule has 0 radical (unpaired) electrons. The van der Waals surface area contributed by atoms with Gasteiger partial charge in [-0.3, -0.25) is 0 Å². The van der Waals surface area contributed by atoms with Crippen molar-refractivity contribution in [1.29, 1.82) is 0 Å². The minimum atomic E-state index is 0.478. The monoisotopic (exact) mass is 307 g/mol. The van der Waals surface area contributed by atoms with E-state index >= 15 is 0 Å². The normalized spacial score (nSPS) is 17.5. The molecule has 0 bridgehead atoms. The van der Waals surface area contributed by atoms with Crippen molar-refractivity contribution in [2.24, 2.45) is 5.73 Å². The van der Waals surface area contributed by atoms with E-state index in [4.69, 9.17) is 5.73 Å². The Labute approximate surface area is 138 Å². The van der Waals surface area contributed by atoms with Gasteiger partial charge in [-0.15, -0.1) is 0 Å². The second kappa shape index (κ2) is 13.7. The van der Waals surface area contributed by atoms with Crippen LogP contribution in [0.25, 0.3) is 0 Å². The van der Waals surface area contributed by atoms with Crippen LogP contribution in [0.3, 0.4) is 0 Å². The Morgan fingerprint density at radius 3 is 2.36 bits per heavy atom. The summed E-state index contributed by atoms with van der Waals surface area (Å²) >= 11 is 0. The number of nitrogens with zero attached hydrogens (tertiary/aromatic N) is 1. The summed E-state index contributed by atoms with van der Waals surface area (Å²) in [5.74, 6) is 0. The molecule has 0 aromatic rings. The van der Waals surface area contributed by atoms with Gasteiger partial charge in [0.2, 0.25) is 0 Å². The van der Waals surface area contributed by atoms with Crippen molar-refractivity contribution in [2.75, 3.05) is 13.1 Å². The lowest BCUT2D eigenvalue weighted by Gasteiger charge is -2.25. The number of unbranched alkanes of at least 4 members (excludes halogenated alkanes) is 8. The molecule has 0 aliphatic carbocycles. The smallest absolute Gasteiger partial charge is 0.0981 e. The molecule has 0 aromatic heterocycles. The topological polar surface area (TPSA) is 41.3 Å². The Bertz CT molecular complexity index is 299. The Balaban J connectivity index is 1.86. The highest BCUT2D eigenvalue weighted by atomic mass is 15.3. The zero-order valence-electron chi connectivity index (χ0n) is 14.6. The van der Waals surface area contributed by atoms with E-state index in [0.29, 0.717) is 6.17 Å². The van der Waals surface area contributed by atoms with Gasteiger partial charge in [-0.2, -0.15) is 0 Å². The van der Waals surface area contributed by atoms with E-state index < -0.39 is 0 Å². The van der Waals surface area contributed by atoms with Crippen molar-refractivity contribution < 1.29 is 0 Å². The lowest BCUT2D eigenvalue weighted by Crippen LogP contribution is -2.37. The Morgan fingerprint density at radius 2 is 1.68 bits per heavy atom. The first-order valence-corrected chi connectivity index (χ1v) is 9.42. The van der Waals surface area contributed by atoms with Gasteiger partial charge < -0.3 is 16.0 Å². The van der Waals surface area contributed by atoms with Gasteiger partial charge in [-0.25, -0.2) is 0 Å². The number of nitrogens with two attached hydrogens (primary N) is 1. The highest BCUT2D eigenvalue weighted by Gasteiger charge is 2.16. The van der Waals surface area contributed by atoms with Crippen LogP contribution in [0.4, 0.5) is 0 Å². The fraction of sp³-hybridized carbons (Fsp3) is 0.789. The van der Waals surface area contributed by atoms with Crippen molar-refractivity contribution in [3.63, 3.8) is 0 Å². The Kier molecular flexibility index (Phi) is 11.9. The van der Waals surface area contributed by atoms with Crippen LogP contribution in [0, 0.1) is 0 Å². The molecule has 3 nitrogen and oxygen atoms in total. The summed E-state index contributed by atoms with van der Waals surface area (Å²) < 4.78 is 0. The molecule has 1 rings (SSSR count). The average Bonchev–Trinajstić information content (AvgIpc) is 2.96. The van der Waals surface area contributed by atoms with Crippen LogP contribution in [-0.4, -0.2) is 24.2 Å². The van der Waals surface area contributed by atoms with Crippen molar-refractivity contribution in [2.45, 2.75) is 83.7 Å². The molecule has 0 saturated heterocycles. The predicted molar refractivity (Wildman–Crippen MR) is 97.4 cm³/mol. The summed E-state index contributed by atoms with van der Waals surface area (Å²) in [6.45, 7) is 3.95. The van der Waals surface area contributed by atoms with Crippen LogP contribution in [0.2, 0.25) is 0 Å². The first kappa shape index (κ1) is 19.1. The summed E-state index contributed by atoms with van der Waals surface area (Å²) in [4.78, 5) is 2.32. The molecule has 0 amide bonds. The number of hydrogen-bond acceptors (Lipinski definition) is 3. The average molecular weight is 308 g/mol. The second-order valence-corrected chi connectivity index (χ2v) is 6.34. The number of rotatable bonds is 14. The van der Waals surface area contributed by atoms with E-state index in [1.165, 1.54) is 70.6 Å². The van der Waals surface area contributed by atoms with Gasteiger partial charge in [0.1, 0.15) is 0 Å².